The predicted octanol–water partition coefficient (Wildman–Crippen LogP) is 1.89. The number of anilines is 1. The van der Waals surface area contributed by atoms with Gasteiger partial charge in [0.05, 0.1) is 11.5 Å². The quantitative estimate of drug-likeness (QED) is 0.660. The first-order chi connectivity index (χ1) is 12.4. The molecule has 1 saturated carbocycles. The lowest BCUT2D eigenvalue weighted by Gasteiger charge is -2.29. The van der Waals surface area contributed by atoms with Gasteiger partial charge in [0.2, 0.25) is 5.91 Å². The number of aryl methyl sites for hydroxylation is 1. The summed E-state index contributed by atoms with van der Waals surface area (Å²) in [5.41, 5.74) is 0. The molecule has 0 saturated heterocycles. The minimum absolute atomic E-state index is 0.00161. The Labute approximate surface area is 156 Å². The van der Waals surface area contributed by atoms with Gasteiger partial charge in [-0.05, 0) is 25.7 Å². The van der Waals surface area contributed by atoms with Crippen molar-refractivity contribution in [3.63, 3.8) is 0 Å². The number of aromatic nitrogens is 1. The summed E-state index contributed by atoms with van der Waals surface area (Å²) in [4.78, 5) is 35.2. The summed E-state index contributed by atoms with van der Waals surface area (Å²) in [5.74, 6) is 0.367. The Hall–Kier alpha value is -2.03. The molecule has 26 heavy (non-hydrogen) atoms. The summed E-state index contributed by atoms with van der Waals surface area (Å²) in [5, 5.41) is 9.13. The molecule has 2 amide bonds. The Bertz CT molecular complexity index is 634. The molecule has 9 heteroatoms. The number of ether oxygens (including phenoxy) is 1. The molecule has 0 bridgehead atoms. The lowest BCUT2D eigenvalue weighted by atomic mass is 9.86. The van der Waals surface area contributed by atoms with Gasteiger partial charge >= 0.3 is 5.97 Å². The molecule has 0 spiro atoms. The second kappa shape index (κ2) is 10.2. The molecule has 144 valence electrons. The number of hydrogen-bond acceptors (Lipinski definition) is 7. The third kappa shape index (κ3) is 7.07. The molecule has 8 nitrogen and oxygen atoms in total. The number of carbonyl (C=O) groups is 3. The minimum Gasteiger partial charge on any atom is -0.455 e. The van der Waals surface area contributed by atoms with Gasteiger partial charge in [-0.3, -0.25) is 14.4 Å². The minimum atomic E-state index is -0.521. The maximum Gasteiger partial charge on any atom is 0.316 e. The highest BCUT2D eigenvalue weighted by Gasteiger charge is 2.23. The molecule has 1 aromatic rings. The van der Waals surface area contributed by atoms with E-state index in [0.717, 1.165) is 31.0 Å². The lowest BCUT2D eigenvalue weighted by molar-refractivity contribution is -0.146. The fraction of sp³-hybridized carbons (Fsp3) is 0.647. The Morgan fingerprint density at radius 3 is 2.73 bits per heavy atom. The molecule has 1 aliphatic rings. The molecule has 0 unspecified atom stereocenters. The van der Waals surface area contributed by atoms with Crippen molar-refractivity contribution in [3.8, 4) is 0 Å². The Morgan fingerprint density at radius 1 is 1.27 bits per heavy atom. The van der Waals surface area contributed by atoms with E-state index in [1.165, 1.54) is 6.42 Å². The molecule has 1 aliphatic carbocycles. The molecule has 2 atom stereocenters. The average molecular weight is 383 g/mol. The highest BCUT2D eigenvalue weighted by Crippen LogP contribution is 2.23. The summed E-state index contributed by atoms with van der Waals surface area (Å²) in [6.07, 6.45) is 4.39. The number of rotatable bonds is 8. The van der Waals surface area contributed by atoms with E-state index in [4.69, 9.17) is 9.26 Å². The van der Waals surface area contributed by atoms with Crippen LogP contribution < -0.4 is 10.6 Å². The average Bonchev–Trinajstić information content (AvgIpc) is 3.00. The van der Waals surface area contributed by atoms with Gasteiger partial charge in [0.25, 0.3) is 5.91 Å². The van der Waals surface area contributed by atoms with Crippen molar-refractivity contribution in [2.24, 2.45) is 5.92 Å². The van der Waals surface area contributed by atoms with Crippen LogP contribution in [0, 0.1) is 12.8 Å². The third-order valence-electron chi connectivity index (χ3n) is 4.17. The first-order valence-electron chi connectivity index (χ1n) is 8.70. The van der Waals surface area contributed by atoms with Crippen LogP contribution in [0.1, 0.15) is 38.4 Å². The molecule has 1 fully saturated rings. The van der Waals surface area contributed by atoms with Crippen LogP contribution in [0.3, 0.4) is 0 Å². The maximum atomic E-state index is 11.9. The summed E-state index contributed by atoms with van der Waals surface area (Å²) >= 11 is 1.11. The molecule has 0 aromatic carbocycles. The lowest BCUT2D eigenvalue weighted by Crippen LogP contribution is -2.43. The predicted molar refractivity (Wildman–Crippen MR) is 97.7 cm³/mol. The SMILES string of the molecule is Cc1cc(NC(=O)CSCC(=O)OCC(=O)N[C@@H]2CCCC[C@@H]2C)no1. The Kier molecular flexibility index (Phi) is 7.96. The first kappa shape index (κ1) is 20.3. The summed E-state index contributed by atoms with van der Waals surface area (Å²) in [6.45, 7) is 3.56. The number of carbonyl (C=O) groups excluding carboxylic acids is 3. The van der Waals surface area contributed by atoms with Crippen molar-refractivity contribution in [1.82, 2.24) is 10.5 Å². The van der Waals surface area contributed by atoms with Crippen LogP contribution in [0.15, 0.2) is 10.6 Å². The van der Waals surface area contributed by atoms with Crippen molar-refractivity contribution < 1.29 is 23.6 Å². The zero-order chi connectivity index (χ0) is 18.9. The number of esters is 1. The number of amides is 2. The van der Waals surface area contributed by atoms with Crippen LogP contribution in [-0.2, 0) is 19.1 Å². The smallest absolute Gasteiger partial charge is 0.316 e. The van der Waals surface area contributed by atoms with Crippen molar-refractivity contribution in [3.05, 3.63) is 11.8 Å². The van der Waals surface area contributed by atoms with Crippen molar-refractivity contribution in [2.45, 2.75) is 45.6 Å². The molecular weight excluding hydrogens is 358 g/mol. The van der Waals surface area contributed by atoms with Gasteiger partial charge in [0.1, 0.15) is 5.76 Å². The molecule has 1 aromatic heterocycles. The summed E-state index contributed by atoms with van der Waals surface area (Å²) in [7, 11) is 0. The normalized spacial score (nSPS) is 19.6. The monoisotopic (exact) mass is 383 g/mol. The highest BCUT2D eigenvalue weighted by atomic mass is 32.2. The van der Waals surface area contributed by atoms with Gasteiger partial charge in [-0.1, -0.05) is 24.9 Å². The first-order valence-corrected chi connectivity index (χ1v) is 9.85. The van der Waals surface area contributed by atoms with Gasteiger partial charge in [0.15, 0.2) is 12.4 Å². The standard InChI is InChI=1S/C17H25N3O5S/c1-11-5-3-4-6-13(11)18-15(21)8-24-17(23)10-26-9-16(22)19-14-7-12(2)25-20-14/h7,11,13H,3-6,8-10H2,1-2H3,(H,18,21)(H,19,20,22)/t11-,13+/m0/s1. The van der Waals surface area contributed by atoms with Crippen LogP contribution in [0.25, 0.3) is 0 Å². The molecule has 2 rings (SSSR count). The number of thioether (sulfide) groups is 1. The van der Waals surface area contributed by atoms with E-state index in [9.17, 15) is 14.4 Å². The number of nitrogens with zero attached hydrogens (tertiary/aromatic N) is 1. The van der Waals surface area contributed by atoms with E-state index in [-0.39, 0.29) is 36.0 Å². The van der Waals surface area contributed by atoms with Gasteiger partial charge < -0.3 is 19.9 Å². The second-order valence-corrected chi connectivity index (χ2v) is 7.45. The Balaban J connectivity index is 1.56. The van der Waals surface area contributed by atoms with E-state index in [1.807, 2.05) is 0 Å². The van der Waals surface area contributed by atoms with E-state index < -0.39 is 5.97 Å². The largest absolute Gasteiger partial charge is 0.455 e. The van der Waals surface area contributed by atoms with Crippen molar-refractivity contribution >= 4 is 35.4 Å². The summed E-state index contributed by atoms with van der Waals surface area (Å²) < 4.78 is 9.79. The van der Waals surface area contributed by atoms with Crippen molar-refractivity contribution in [1.29, 1.82) is 0 Å². The number of nitrogens with one attached hydrogen (secondary N) is 2. The van der Waals surface area contributed by atoms with E-state index in [1.54, 1.807) is 13.0 Å². The third-order valence-corrected chi connectivity index (χ3v) is 5.08. The summed E-state index contributed by atoms with van der Waals surface area (Å²) in [6, 6.07) is 1.76. The highest BCUT2D eigenvalue weighted by molar-refractivity contribution is 8.00. The van der Waals surface area contributed by atoms with Crippen LogP contribution in [-0.4, -0.2) is 47.1 Å². The van der Waals surface area contributed by atoms with E-state index >= 15 is 0 Å². The fourth-order valence-corrected chi connectivity index (χ4v) is 3.41. The molecular formula is C17H25N3O5S. The van der Waals surface area contributed by atoms with Crippen LogP contribution in [0.5, 0.6) is 0 Å². The van der Waals surface area contributed by atoms with Crippen molar-refractivity contribution in [2.75, 3.05) is 23.4 Å². The molecule has 2 N–H and O–H groups in total. The van der Waals surface area contributed by atoms with Gasteiger partial charge in [-0.25, -0.2) is 0 Å². The Morgan fingerprint density at radius 2 is 2.04 bits per heavy atom. The maximum absolute atomic E-state index is 11.9. The zero-order valence-corrected chi connectivity index (χ0v) is 15.9. The van der Waals surface area contributed by atoms with Gasteiger partial charge in [-0.15, -0.1) is 11.8 Å². The topological polar surface area (TPSA) is 111 Å². The fourth-order valence-electron chi connectivity index (χ4n) is 2.80. The zero-order valence-electron chi connectivity index (χ0n) is 15.1. The van der Waals surface area contributed by atoms with Gasteiger partial charge in [-0.2, -0.15) is 0 Å². The molecule has 0 radical (unpaired) electrons. The molecule has 1 heterocycles. The molecule has 0 aliphatic heterocycles. The number of hydrogen-bond donors (Lipinski definition) is 2. The van der Waals surface area contributed by atoms with Crippen LogP contribution >= 0.6 is 11.8 Å². The van der Waals surface area contributed by atoms with Crippen LogP contribution in [0.2, 0.25) is 0 Å². The van der Waals surface area contributed by atoms with E-state index in [2.05, 4.69) is 22.7 Å². The van der Waals surface area contributed by atoms with E-state index in [0.29, 0.717) is 17.5 Å². The van der Waals surface area contributed by atoms with Gasteiger partial charge in [0, 0.05) is 12.1 Å². The van der Waals surface area contributed by atoms with Crippen LogP contribution in [0.4, 0.5) is 5.82 Å². The second-order valence-electron chi connectivity index (χ2n) is 6.46.